The minimum atomic E-state index is -0.716. The summed E-state index contributed by atoms with van der Waals surface area (Å²) in [5, 5.41) is 2.38. The van der Waals surface area contributed by atoms with Gasteiger partial charge in [0.15, 0.2) is 6.61 Å². The van der Waals surface area contributed by atoms with Crippen LogP contribution in [0.25, 0.3) is 0 Å². The molecule has 0 radical (unpaired) electrons. The molecule has 3 amide bonds. The Morgan fingerprint density at radius 2 is 1.59 bits per heavy atom. The Morgan fingerprint density at radius 3 is 2.18 bits per heavy atom. The van der Waals surface area contributed by atoms with Gasteiger partial charge in [0.1, 0.15) is 0 Å². The maximum atomic E-state index is 12.9. The lowest BCUT2D eigenvalue weighted by atomic mass is 9.80. The summed E-state index contributed by atoms with van der Waals surface area (Å²) in [6.07, 6.45) is 0.700. The summed E-state index contributed by atoms with van der Waals surface area (Å²) in [5.41, 5.74) is 1.87. The van der Waals surface area contributed by atoms with Gasteiger partial charge >= 0.3 is 5.97 Å². The van der Waals surface area contributed by atoms with Crippen molar-refractivity contribution in [2.24, 2.45) is 11.8 Å². The lowest BCUT2D eigenvalue weighted by Crippen LogP contribution is -2.34. The first kappa shape index (κ1) is 24.5. The molecule has 178 valence electrons. The highest BCUT2D eigenvalue weighted by Crippen LogP contribution is 2.43. The monoisotopic (exact) mass is 522 g/mol. The molecule has 1 aliphatic heterocycles. The maximum Gasteiger partial charge on any atom is 0.338 e. The first-order valence-corrected chi connectivity index (χ1v) is 11.9. The summed E-state index contributed by atoms with van der Waals surface area (Å²) in [5.74, 6) is -2.83. The van der Waals surface area contributed by atoms with E-state index in [1.165, 1.54) is 24.3 Å². The molecule has 2 fully saturated rings. The van der Waals surface area contributed by atoms with Gasteiger partial charge in [-0.25, -0.2) is 4.79 Å². The van der Waals surface area contributed by atoms with Gasteiger partial charge in [-0.05, 0) is 61.7 Å². The molecule has 4 atom stereocenters. The predicted molar refractivity (Wildman–Crippen MR) is 130 cm³/mol. The summed E-state index contributed by atoms with van der Waals surface area (Å²) in [6.45, 7) is 1.32. The van der Waals surface area contributed by atoms with Crippen molar-refractivity contribution in [1.29, 1.82) is 0 Å². The molecule has 0 aromatic heterocycles. The van der Waals surface area contributed by atoms with Gasteiger partial charge in [0.25, 0.3) is 5.91 Å². The van der Waals surface area contributed by atoms with Gasteiger partial charge in [-0.1, -0.05) is 17.7 Å². The lowest BCUT2D eigenvalue weighted by molar-refractivity contribution is -0.122. The van der Waals surface area contributed by atoms with E-state index in [0.29, 0.717) is 29.2 Å². The van der Waals surface area contributed by atoms with Crippen molar-refractivity contribution in [2.45, 2.75) is 30.5 Å². The van der Waals surface area contributed by atoms with Crippen LogP contribution in [0.2, 0.25) is 5.02 Å². The van der Waals surface area contributed by atoms with E-state index in [1.54, 1.807) is 18.2 Å². The standard InChI is InChI=1S/C24H21Cl3N2O5/c1-12-2-5-14(25)8-20(12)28-21(30)11-34-24(33)13-3-6-15(7-4-13)29-22(31)16-9-18(26)19(27)10-17(16)23(29)32/h2-8,16-19H,9-11H2,1H3,(H,28,30)/t16-,17+,18+,19-. The minimum absolute atomic E-state index is 0.175. The highest BCUT2D eigenvalue weighted by molar-refractivity contribution is 6.31. The van der Waals surface area contributed by atoms with Crippen LogP contribution in [0.15, 0.2) is 42.5 Å². The molecule has 1 saturated heterocycles. The highest BCUT2D eigenvalue weighted by Gasteiger charge is 2.52. The summed E-state index contributed by atoms with van der Waals surface area (Å²) >= 11 is 18.4. The number of alkyl halides is 2. The Balaban J connectivity index is 1.37. The zero-order valence-electron chi connectivity index (χ0n) is 18.1. The third-order valence-corrected chi connectivity index (χ3v) is 7.41. The van der Waals surface area contributed by atoms with Crippen molar-refractivity contribution in [1.82, 2.24) is 0 Å². The van der Waals surface area contributed by atoms with E-state index >= 15 is 0 Å². The zero-order valence-corrected chi connectivity index (χ0v) is 20.4. The van der Waals surface area contributed by atoms with Crippen LogP contribution < -0.4 is 10.2 Å². The molecule has 0 bridgehead atoms. The summed E-state index contributed by atoms with van der Waals surface area (Å²) in [6, 6.07) is 10.9. The van der Waals surface area contributed by atoms with Gasteiger partial charge in [-0.2, -0.15) is 0 Å². The number of imide groups is 1. The van der Waals surface area contributed by atoms with E-state index in [0.717, 1.165) is 10.5 Å². The van der Waals surface area contributed by atoms with Crippen molar-refractivity contribution < 1.29 is 23.9 Å². The zero-order chi connectivity index (χ0) is 24.6. The molecule has 2 aromatic rings. The molecule has 2 aliphatic rings. The van der Waals surface area contributed by atoms with Crippen LogP contribution in [-0.4, -0.2) is 41.1 Å². The Morgan fingerprint density at radius 1 is 1.00 bits per heavy atom. The van der Waals surface area contributed by atoms with Gasteiger partial charge < -0.3 is 10.1 Å². The quantitative estimate of drug-likeness (QED) is 0.352. The maximum absolute atomic E-state index is 12.9. The fourth-order valence-electron chi connectivity index (χ4n) is 4.23. The van der Waals surface area contributed by atoms with Crippen LogP contribution in [0.5, 0.6) is 0 Å². The smallest absolute Gasteiger partial charge is 0.338 e. The third kappa shape index (κ3) is 4.92. The van der Waals surface area contributed by atoms with E-state index in [9.17, 15) is 19.2 Å². The number of anilines is 2. The second-order valence-electron chi connectivity index (χ2n) is 8.36. The SMILES string of the molecule is Cc1ccc(Cl)cc1NC(=O)COC(=O)c1ccc(N2C(=O)[C@H]3C[C@@H](Cl)[C@@H](Cl)C[C@H]3C2=O)cc1. The molecule has 34 heavy (non-hydrogen) atoms. The Hall–Kier alpha value is -2.61. The molecule has 1 N–H and O–H groups in total. The number of amides is 3. The van der Waals surface area contributed by atoms with Crippen LogP contribution in [0, 0.1) is 18.8 Å². The van der Waals surface area contributed by atoms with Crippen molar-refractivity contribution in [3.63, 3.8) is 0 Å². The van der Waals surface area contributed by atoms with Gasteiger partial charge in [0.2, 0.25) is 11.8 Å². The lowest BCUT2D eigenvalue weighted by Gasteiger charge is -2.28. The number of hydrogen-bond donors (Lipinski definition) is 1. The van der Waals surface area contributed by atoms with Crippen molar-refractivity contribution in [3.8, 4) is 0 Å². The molecular weight excluding hydrogens is 503 g/mol. The van der Waals surface area contributed by atoms with E-state index < -0.39 is 30.3 Å². The Kier molecular flexibility index (Phi) is 7.17. The van der Waals surface area contributed by atoms with E-state index in [4.69, 9.17) is 39.5 Å². The molecule has 1 saturated carbocycles. The summed E-state index contributed by atoms with van der Waals surface area (Å²) in [7, 11) is 0. The van der Waals surface area contributed by atoms with Crippen molar-refractivity contribution in [3.05, 3.63) is 58.6 Å². The normalized spacial score (nSPS) is 24.1. The van der Waals surface area contributed by atoms with E-state index in [1.807, 2.05) is 6.92 Å². The minimum Gasteiger partial charge on any atom is -0.452 e. The Bertz CT molecular complexity index is 1130. The molecule has 0 spiro atoms. The molecule has 10 heteroatoms. The average Bonchev–Trinajstić information content (AvgIpc) is 3.04. The molecule has 1 heterocycles. The number of carbonyl (C=O) groups excluding carboxylic acids is 4. The number of aryl methyl sites for hydroxylation is 1. The second-order valence-corrected chi connectivity index (χ2v) is 9.92. The van der Waals surface area contributed by atoms with E-state index in [2.05, 4.69) is 5.32 Å². The number of ether oxygens (including phenoxy) is 1. The molecular formula is C24H21Cl3N2O5. The number of benzene rings is 2. The predicted octanol–water partition coefficient (Wildman–Crippen LogP) is 4.56. The number of halogens is 3. The fraction of sp³-hybridized carbons (Fsp3) is 0.333. The average molecular weight is 524 g/mol. The summed E-state index contributed by atoms with van der Waals surface area (Å²) < 4.78 is 5.08. The van der Waals surface area contributed by atoms with Crippen molar-refractivity contribution >= 4 is 69.9 Å². The molecule has 7 nitrogen and oxygen atoms in total. The molecule has 2 aromatic carbocycles. The first-order chi connectivity index (χ1) is 16.2. The van der Waals surface area contributed by atoms with Gasteiger partial charge in [-0.3, -0.25) is 19.3 Å². The van der Waals surface area contributed by atoms with Gasteiger partial charge in [0.05, 0.1) is 33.8 Å². The second kappa shape index (κ2) is 9.94. The Labute approximate surface area is 211 Å². The topological polar surface area (TPSA) is 92.8 Å². The molecule has 0 unspecified atom stereocenters. The van der Waals surface area contributed by atoms with Gasteiger partial charge in [-0.15, -0.1) is 23.2 Å². The van der Waals surface area contributed by atoms with Crippen LogP contribution in [0.3, 0.4) is 0 Å². The largest absolute Gasteiger partial charge is 0.452 e. The highest BCUT2D eigenvalue weighted by atomic mass is 35.5. The molecule has 1 aliphatic carbocycles. The van der Waals surface area contributed by atoms with Crippen molar-refractivity contribution in [2.75, 3.05) is 16.8 Å². The number of rotatable bonds is 5. The number of carbonyl (C=O) groups is 4. The summed E-state index contributed by atoms with van der Waals surface area (Å²) in [4.78, 5) is 51.3. The van der Waals surface area contributed by atoms with E-state index in [-0.39, 0.29) is 28.1 Å². The third-order valence-electron chi connectivity index (χ3n) is 6.08. The van der Waals surface area contributed by atoms with Crippen LogP contribution in [0.4, 0.5) is 11.4 Å². The fourth-order valence-corrected chi connectivity index (χ4v) is 4.99. The number of fused-ring (bicyclic) bond motifs is 1. The van der Waals surface area contributed by atoms with Crippen LogP contribution >= 0.6 is 34.8 Å². The van der Waals surface area contributed by atoms with Crippen LogP contribution in [0.1, 0.15) is 28.8 Å². The van der Waals surface area contributed by atoms with Gasteiger partial charge in [0, 0.05) is 10.7 Å². The number of nitrogens with one attached hydrogen (secondary N) is 1. The molecule has 4 rings (SSSR count). The number of nitrogens with zero attached hydrogens (tertiary/aromatic N) is 1. The number of esters is 1. The first-order valence-electron chi connectivity index (χ1n) is 10.6. The van der Waals surface area contributed by atoms with Crippen LogP contribution in [-0.2, 0) is 19.1 Å². The number of hydrogen-bond acceptors (Lipinski definition) is 5.